The third-order valence-electron chi connectivity index (χ3n) is 3.02. The van der Waals surface area contributed by atoms with Gasteiger partial charge in [0.25, 0.3) is 0 Å². The molecular formula is C11H15N3O2. The smallest absolute Gasteiger partial charge is 0.311 e. The summed E-state index contributed by atoms with van der Waals surface area (Å²) in [5.41, 5.74) is -0.0877. The average Bonchev–Trinajstić information content (AvgIpc) is 3.00. The molecule has 1 aromatic rings. The second-order valence-electron chi connectivity index (χ2n) is 4.75. The van der Waals surface area contributed by atoms with Crippen molar-refractivity contribution >= 4 is 11.5 Å². The zero-order valence-corrected chi connectivity index (χ0v) is 9.43. The van der Waals surface area contributed by atoms with E-state index < -0.39 is 4.92 Å². The number of nitrogens with zero attached hydrogens (tertiary/aromatic N) is 2. The molecule has 0 spiro atoms. The molecule has 16 heavy (non-hydrogen) atoms. The monoisotopic (exact) mass is 221 g/mol. The molecule has 0 unspecified atom stereocenters. The fourth-order valence-corrected chi connectivity index (χ4v) is 1.85. The van der Waals surface area contributed by atoms with Gasteiger partial charge >= 0.3 is 5.69 Å². The first-order valence-corrected chi connectivity index (χ1v) is 5.38. The summed E-state index contributed by atoms with van der Waals surface area (Å²) in [6, 6.07) is 3.05. The molecule has 0 aliphatic heterocycles. The minimum atomic E-state index is -0.404. The predicted octanol–water partition coefficient (Wildman–Crippen LogP) is 2.59. The largest absolute Gasteiger partial charge is 0.359 e. The van der Waals surface area contributed by atoms with Crippen molar-refractivity contribution in [2.24, 2.45) is 5.92 Å². The van der Waals surface area contributed by atoms with E-state index in [-0.39, 0.29) is 11.2 Å². The van der Waals surface area contributed by atoms with Crippen LogP contribution < -0.4 is 5.32 Å². The van der Waals surface area contributed by atoms with E-state index in [1.165, 1.54) is 18.9 Å². The fraction of sp³-hybridized carbons (Fsp3) is 0.545. The zero-order chi connectivity index (χ0) is 11.8. The molecule has 0 amide bonds. The van der Waals surface area contributed by atoms with Crippen LogP contribution in [0.15, 0.2) is 18.3 Å². The lowest BCUT2D eigenvalue weighted by Crippen LogP contribution is -2.33. The minimum absolute atomic E-state index is 0.0382. The number of anilines is 1. The molecule has 1 aliphatic carbocycles. The van der Waals surface area contributed by atoms with Gasteiger partial charge in [0.05, 0.1) is 4.92 Å². The summed E-state index contributed by atoms with van der Waals surface area (Å²) < 4.78 is 0. The van der Waals surface area contributed by atoms with E-state index in [1.54, 1.807) is 12.3 Å². The first kappa shape index (κ1) is 10.9. The number of nitro groups is 1. The van der Waals surface area contributed by atoms with E-state index in [9.17, 15) is 10.1 Å². The van der Waals surface area contributed by atoms with Gasteiger partial charge in [-0.05, 0) is 38.7 Å². The molecule has 1 aromatic heterocycles. The number of aromatic nitrogens is 1. The summed E-state index contributed by atoms with van der Waals surface area (Å²) in [4.78, 5) is 14.5. The van der Waals surface area contributed by atoms with Crippen LogP contribution in [-0.4, -0.2) is 15.4 Å². The van der Waals surface area contributed by atoms with Crippen molar-refractivity contribution in [3.05, 3.63) is 28.4 Å². The molecule has 86 valence electrons. The van der Waals surface area contributed by atoms with Crippen molar-refractivity contribution in [3.63, 3.8) is 0 Å². The van der Waals surface area contributed by atoms with E-state index in [0.29, 0.717) is 11.7 Å². The number of hydrogen-bond acceptors (Lipinski definition) is 4. The average molecular weight is 221 g/mol. The van der Waals surface area contributed by atoms with E-state index in [2.05, 4.69) is 24.1 Å². The Bertz CT molecular complexity index is 413. The molecule has 2 rings (SSSR count). The maximum Gasteiger partial charge on any atom is 0.311 e. The maximum absolute atomic E-state index is 10.8. The van der Waals surface area contributed by atoms with Crippen LogP contribution in [0.3, 0.4) is 0 Å². The molecule has 0 radical (unpaired) electrons. The number of rotatable bonds is 4. The van der Waals surface area contributed by atoms with Crippen LogP contribution >= 0.6 is 0 Å². The Morgan fingerprint density at radius 1 is 1.56 bits per heavy atom. The normalized spacial score (nSPS) is 15.9. The van der Waals surface area contributed by atoms with Crippen molar-refractivity contribution in [3.8, 4) is 0 Å². The van der Waals surface area contributed by atoms with Gasteiger partial charge in [0.2, 0.25) is 5.82 Å². The Balaban J connectivity index is 2.23. The first-order valence-electron chi connectivity index (χ1n) is 5.38. The second kappa shape index (κ2) is 3.73. The third kappa shape index (κ3) is 2.13. The lowest BCUT2D eigenvalue weighted by atomic mass is 9.99. The van der Waals surface area contributed by atoms with Crippen LogP contribution in [0.5, 0.6) is 0 Å². The van der Waals surface area contributed by atoms with E-state index >= 15 is 0 Å². The number of hydrogen-bond donors (Lipinski definition) is 1. The Labute approximate surface area is 94.0 Å². The van der Waals surface area contributed by atoms with Crippen LogP contribution in [-0.2, 0) is 0 Å². The molecule has 0 saturated heterocycles. The van der Waals surface area contributed by atoms with Crippen LogP contribution in [0.1, 0.15) is 26.7 Å². The quantitative estimate of drug-likeness (QED) is 0.626. The molecule has 0 bridgehead atoms. The van der Waals surface area contributed by atoms with Crippen LogP contribution in [0.25, 0.3) is 0 Å². The lowest BCUT2D eigenvalue weighted by molar-refractivity contribution is -0.384. The number of pyridine rings is 1. The van der Waals surface area contributed by atoms with Gasteiger partial charge in [-0.2, -0.15) is 0 Å². The van der Waals surface area contributed by atoms with Gasteiger partial charge in [-0.1, -0.05) is 0 Å². The fourth-order valence-electron chi connectivity index (χ4n) is 1.85. The summed E-state index contributed by atoms with van der Waals surface area (Å²) in [6.07, 6.45) is 3.93. The molecule has 5 nitrogen and oxygen atoms in total. The highest BCUT2D eigenvalue weighted by molar-refractivity contribution is 5.56. The molecule has 1 fully saturated rings. The topological polar surface area (TPSA) is 68.1 Å². The van der Waals surface area contributed by atoms with Crippen LogP contribution in [0, 0.1) is 16.0 Å². The molecular weight excluding hydrogens is 206 g/mol. The van der Waals surface area contributed by atoms with Gasteiger partial charge in [-0.3, -0.25) is 10.1 Å². The Hall–Kier alpha value is -1.65. The number of nitrogens with one attached hydrogen (secondary N) is 1. The molecule has 0 atom stereocenters. The third-order valence-corrected chi connectivity index (χ3v) is 3.02. The van der Waals surface area contributed by atoms with Gasteiger partial charge in [-0.25, -0.2) is 4.98 Å². The Morgan fingerprint density at radius 2 is 2.25 bits per heavy atom. The SMILES string of the molecule is CC(C)(Nc1ncccc1[N+](=O)[O-])C1CC1. The summed E-state index contributed by atoms with van der Waals surface area (Å²) in [5, 5.41) is 14.0. The lowest BCUT2D eigenvalue weighted by Gasteiger charge is -2.26. The highest BCUT2D eigenvalue weighted by Crippen LogP contribution is 2.41. The van der Waals surface area contributed by atoms with Gasteiger partial charge < -0.3 is 5.32 Å². The van der Waals surface area contributed by atoms with Crippen molar-refractivity contribution < 1.29 is 4.92 Å². The standard InChI is InChI=1S/C11H15N3O2/c1-11(2,8-5-6-8)13-10-9(14(15)16)4-3-7-12-10/h3-4,7-8H,5-6H2,1-2H3,(H,12,13). The van der Waals surface area contributed by atoms with Crippen molar-refractivity contribution in [1.29, 1.82) is 0 Å². The van der Waals surface area contributed by atoms with Crippen molar-refractivity contribution in [1.82, 2.24) is 4.98 Å². The summed E-state index contributed by atoms with van der Waals surface area (Å²) in [7, 11) is 0. The van der Waals surface area contributed by atoms with Crippen molar-refractivity contribution in [2.45, 2.75) is 32.2 Å². The summed E-state index contributed by atoms with van der Waals surface area (Å²) >= 11 is 0. The first-order chi connectivity index (χ1) is 7.50. The Morgan fingerprint density at radius 3 is 2.81 bits per heavy atom. The Kier molecular flexibility index (Phi) is 2.53. The van der Waals surface area contributed by atoms with E-state index in [4.69, 9.17) is 0 Å². The molecule has 5 heteroatoms. The predicted molar refractivity (Wildman–Crippen MR) is 61.3 cm³/mol. The van der Waals surface area contributed by atoms with Crippen molar-refractivity contribution in [2.75, 3.05) is 5.32 Å². The summed E-state index contributed by atoms with van der Waals surface area (Å²) in [6.45, 7) is 4.12. The maximum atomic E-state index is 10.8. The highest BCUT2D eigenvalue weighted by Gasteiger charge is 2.38. The molecule has 0 aromatic carbocycles. The van der Waals surface area contributed by atoms with Gasteiger partial charge in [-0.15, -0.1) is 0 Å². The van der Waals surface area contributed by atoms with Crippen LogP contribution in [0.4, 0.5) is 11.5 Å². The van der Waals surface area contributed by atoms with Gasteiger partial charge in [0, 0.05) is 17.8 Å². The van der Waals surface area contributed by atoms with Gasteiger partial charge in [0.1, 0.15) is 0 Å². The van der Waals surface area contributed by atoms with E-state index in [1.807, 2.05) is 0 Å². The van der Waals surface area contributed by atoms with Gasteiger partial charge in [0.15, 0.2) is 0 Å². The molecule has 1 N–H and O–H groups in total. The second-order valence-corrected chi connectivity index (χ2v) is 4.75. The zero-order valence-electron chi connectivity index (χ0n) is 9.43. The highest BCUT2D eigenvalue weighted by atomic mass is 16.6. The molecule has 1 aliphatic rings. The van der Waals surface area contributed by atoms with Crippen LogP contribution in [0.2, 0.25) is 0 Å². The minimum Gasteiger partial charge on any atom is -0.359 e. The molecule has 1 heterocycles. The molecule has 1 saturated carbocycles. The summed E-state index contributed by atoms with van der Waals surface area (Å²) in [5.74, 6) is 0.957. The van der Waals surface area contributed by atoms with E-state index in [0.717, 1.165) is 0 Å².